The van der Waals surface area contributed by atoms with Crippen molar-refractivity contribution in [1.29, 1.82) is 0 Å². The quantitative estimate of drug-likeness (QED) is 0.825. The van der Waals surface area contributed by atoms with E-state index in [1.807, 2.05) is 31.2 Å². The molecular formula is C14H16ClN3O. The van der Waals surface area contributed by atoms with Gasteiger partial charge in [-0.05, 0) is 17.5 Å². The fourth-order valence-electron chi connectivity index (χ4n) is 1.80. The van der Waals surface area contributed by atoms with Crippen LogP contribution in [-0.4, -0.2) is 15.1 Å². The number of hydrogen-bond donors (Lipinski definition) is 2. The molecule has 5 heteroatoms. The Morgan fingerprint density at radius 2 is 1.84 bits per heavy atom. The van der Waals surface area contributed by atoms with Crippen molar-refractivity contribution >= 4 is 17.4 Å². The van der Waals surface area contributed by atoms with Crippen molar-refractivity contribution in [3.05, 3.63) is 52.4 Å². The average Bonchev–Trinajstić information content (AvgIpc) is 2.45. The predicted octanol–water partition coefficient (Wildman–Crippen LogP) is 2.80. The van der Waals surface area contributed by atoms with Crippen molar-refractivity contribution in [1.82, 2.24) is 9.97 Å². The lowest BCUT2D eigenvalue weighted by Crippen LogP contribution is -2.05. The van der Waals surface area contributed by atoms with Crippen LogP contribution >= 0.6 is 11.6 Å². The SMILES string of the molecule is CCc1c(Cl)ncnc1NCc1ccc(CO)cc1. The van der Waals surface area contributed by atoms with Gasteiger partial charge in [0.05, 0.1) is 6.61 Å². The van der Waals surface area contributed by atoms with Gasteiger partial charge in [-0.15, -0.1) is 0 Å². The molecule has 100 valence electrons. The second-order valence-corrected chi connectivity index (χ2v) is 4.53. The van der Waals surface area contributed by atoms with Crippen molar-refractivity contribution in [3.63, 3.8) is 0 Å². The van der Waals surface area contributed by atoms with Crippen LogP contribution in [0.4, 0.5) is 5.82 Å². The molecule has 0 radical (unpaired) electrons. The molecule has 0 fully saturated rings. The highest BCUT2D eigenvalue weighted by Gasteiger charge is 2.07. The number of aromatic nitrogens is 2. The molecule has 0 amide bonds. The number of rotatable bonds is 5. The van der Waals surface area contributed by atoms with Gasteiger partial charge in [0.1, 0.15) is 17.3 Å². The number of anilines is 1. The Labute approximate surface area is 117 Å². The minimum Gasteiger partial charge on any atom is -0.392 e. The van der Waals surface area contributed by atoms with Crippen LogP contribution in [0.15, 0.2) is 30.6 Å². The molecule has 4 nitrogen and oxygen atoms in total. The molecule has 0 saturated carbocycles. The van der Waals surface area contributed by atoms with Gasteiger partial charge in [-0.1, -0.05) is 42.8 Å². The van der Waals surface area contributed by atoms with Gasteiger partial charge in [-0.2, -0.15) is 0 Å². The molecule has 0 saturated heterocycles. The van der Waals surface area contributed by atoms with Crippen LogP contribution in [0.25, 0.3) is 0 Å². The lowest BCUT2D eigenvalue weighted by molar-refractivity contribution is 0.282. The normalized spacial score (nSPS) is 10.5. The summed E-state index contributed by atoms with van der Waals surface area (Å²) in [5.74, 6) is 0.772. The largest absolute Gasteiger partial charge is 0.392 e. The molecular weight excluding hydrogens is 262 g/mol. The molecule has 1 aromatic heterocycles. The molecule has 0 aliphatic heterocycles. The van der Waals surface area contributed by atoms with Crippen LogP contribution in [0.5, 0.6) is 0 Å². The Balaban J connectivity index is 2.07. The number of hydrogen-bond acceptors (Lipinski definition) is 4. The average molecular weight is 278 g/mol. The maximum absolute atomic E-state index is 8.99. The zero-order valence-electron chi connectivity index (χ0n) is 10.7. The molecule has 0 aliphatic carbocycles. The Kier molecular flexibility index (Phi) is 4.71. The van der Waals surface area contributed by atoms with E-state index < -0.39 is 0 Å². The smallest absolute Gasteiger partial charge is 0.137 e. The highest BCUT2D eigenvalue weighted by atomic mass is 35.5. The topological polar surface area (TPSA) is 58.0 Å². The molecule has 1 heterocycles. The van der Waals surface area contributed by atoms with Crippen LogP contribution in [0.3, 0.4) is 0 Å². The van der Waals surface area contributed by atoms with Crippen LogP contribution in [0, 0.1) is 0 Å². The number of aliphatic hydroxyl groups excluding tert-OH is 1. The van der Waals surface area contributed by atoms with Gasteiger partial charge in [-0.25, -0.2) is 9.97 Å². The molecule has 1 aromatic carbocycles. The third-order valence-corrected chi connectivity index (χ3v) is 3.24. The molecule has 0 atom stereocenters. The fourth-order valence-corrected chi connectivity index (χ4v) is 2.07. The summed E-state index contributed by atoms with van der Waals surface area (Å²) in [6.45, 7) is 2.74. The lowest BCUT2D eigenvalue weighted by Gasteiger charge is -2.10. The van der Waals surface area contributed by atoms with Crippen molar-refractivity contribution in [3.8, 4) is 0 Å². The molecule has 2 N–H and O–H groups in total. The van der Waals surface area contributed by atoms with Gasteiger partial charge in [0, 0.05) is 12.1 Å². The number of benzene rings is 1. The Morgan fingerprint density at radius 3 is 2.47 bits per heavy atom. The molecule has 0 aliphatic rings. The second-order valence-electron chi connectivity index (χ2n) is 4.17. The van der Waals surface area contributed by atoms with Gasteiger partial charge < -0.3 is 10.4 Å². The van der Waals surface area contributed by atoms with Crippen molar-refractivity contribution in [2.75, 3.05) is 5.32 Å². The zero-order valence-corrected chi connectivity index (χ0v) is 11.5. The monoisotopic (exact) mass is 277 g/mol. The summed E-state index contributed by atoms with van der Waals surface area (Å²) in [5, 5.41) is 12.7. The third-order valence-electron chi connectivity index (χ3n) is 2.91. The van der Waals surface area contributed by atoms with E-state index in [1.54, 1.807) is 0 Å². The van der Waals surface area contributed by atoms with Crippen molar-refractivity contribution < 1.29 is 5.11 Å². The highest BCUT2D eigenvalue weighted by Crippen LogP contribution is 2.20. The molecule has 0 bridgehead atoms. The van der Waals surface area contributed by atoms with E-state index in [9.17, 15) is 0 Å². The fraction of sp³-hybridized carbons (Fsp3) is 0.286. The summed E-state index contributed by atoms with van der Waals surface area (Å²) in [7, 11) is 0. The Morgan fingerprint density at radius 1 is 1.16 bits per heavy atom. The van der Waals surface area contributed by atoms with E-state index in [1.165, 1.54) is 6.33 Å². The van der Waals surface area contributed by atoms with Crippen LogP contribution in [0.1, 0.15) is 23.6 Å². The number of nitrogens with zero attached hydrogens (tertiary/aromatic N) is 2. The Hall–Kier alpha value is -1.65. The second kappa shape index (κ2) is 6.50. The van der Waals surface area contributed by atoms with E-state index >= 15 is 0 Å². The van der Waals surface area contributed by atoms with E-state index in [2.05, 4.69) is 15.3 Å². The minimum absolute atomic E-state index is 0.0647. The lowest BCUT2D eigenvalue weighted by atomic mass is 10.1. The van der Waals surface area contributed by atoms with Crippen LogP contribution < -0.4 is 5.32 Å². The minimum atomic E-state index is 0.0647. The standard InChI is InChI=1S/C14H16ClN3O/c1-2-12-13(15)17-9-18-14(12)16-7-10-3-5-11(8-19)6-4-10/h3-6,9,19H,2,7-8H2,1H3,(H,16,17,18). The van der Waals surface area contributed by atoms with E-state index in [0.29, 0.717) is 11.7 Å². The number of nitrogens with one attached hydrogen (secondary N) is 1. The van der Waals surface area contributed by atoms with E-state index in [4.69, 9.17) is 16.7 Å². The summed E-state index contributed by atoms with van der Waals surface area (Å²) >= 11 is 6.03. The zero-order chi connectivity index (χ0) is 13.7. The maximum atomic E-state index is 8.99. The van der Waals surface area contributed by atoms with Gasteiger partial charge >= 0.3 is 0 Å². The summed E-state index contributed by atoms with van der Waals surface area (Å²) in [6, 6.07) is 7.77. The molecule has 0 spiro atoms. The van der Waals surface area contributed by atoms with Gasteiger partial charge in [0.2, 0.25) is 0 Å². The maximum Gasteiger partial charge on any atom is 0.137 e. The summed E-state index contributed by atoms with van der Waals surface area (Å²) < 4.78 is 0. The van der Waals surface area contributed by atoms with Crippen LogP contribution in [0.2, 0.25) is 5.15 Å². The molecule has 2 rings (SSSR count). The first-order valence-electron chi connectivity index (χ1n) is 6.16. The van der Waals surface area contributed by atoms with E-state index in [-0.39, 0.29) is 6.61 Å². The summed E-state index contributed by atoms with van der Waals surface area (Å²) in [6.07, 6.45) is 2.24. The number of aliphatic hydroxyl groups is 1. The van der Waals surface area contributed by atoms with Crippen molar-refractivity contribution in [2.24, 2.45) is 0 Å². The highest BCUT2D eigenvalue weighted by molar-refractivity contribution is 6.30. The van der Waals surface area contributed by atoms with Gasteiger partial charge in [0.15, 0.2) is 0 Å². The van der Waals surface area contributed by atoms with Crippen molar-refractivity contribution in [2.45, 2.75) is 26.5 Å². The predicted molar refractivity (Wildman–Crippen MR) is 76.1 cm³/mol. The first kappa shape index (κ1) is 13.8. The van der Waals surface area contributed by atoms with Gasteiger partial charge in [0.25, 0.3) is 0 Å². The summed E-state index contributed by atoms with van der Waals surface area (Å²) in [5.41, 5.74) is 2.95. The third kappa shape index (κ3) is 3.43. The number of halogens is 1. The first-order chi connectivity index (χ1) is 9.24. The summed E-state index contributed by atoms with van der Waals surface area (Å²) in [4.78, 5) is 8.19. The van der Waals surface area contributed by atoms with E-state index in [0.717, 1.165) is 28.9 Å². The Bertz CT molecular complexity index is 543. The first-order valence-corrected chi connectivity index (χ1v) is 6.54. The van der Waals surface area contributed by atoms with Gasteiger partial charge in [-0.3, -0.25) is 0 Å². The molecule has 19 heavy (non-hydrogen) atoms. The van der Waals surface area contributed by atoms with Crippen LogP contribution in [-0.2, 0) is 19.6 Å². The molecule has 0 unspecified atom stereocenters. The molecule has 2 aromatic rings.